The molecule has 0 spiro atoms. The summed E-state index contributed by atoms with van der Waals surface area (Å²) in [6.45, 7) is 1.18. The Morgan fingerprint density at radius 2 is 2.10 bits per heavy atom. The van der Waals surface area contributed by atoms with Crippen molar-refractivity contribution in [1.82, 2.24) is 4.31 Å². The number of ether oxygens (including phenoxy) is 1. The zero-order valence-corrected chi connectivity index (χ0v) is 13.7. The minimum absolute atomic E-state index is 0.0303. The van der Waals surface area contributed by atoms with E-state index in [1.54, 1.807) is 18.2 Å². The second-order valence-electron chi connectivity index (χ2n) is 4.24. The van der Waals surface area contributed by atoms with E-state index in [0.29, 0.717) is 11.3 Å². The molecule has 0 radical (unpaired) electrons. The van der Waals surface area contributed by atoms with Gasteiger partial charge in [0, 0.05) is 23.6 Å². The topological polar surface area (TPSA) is 83.9 Å². The van der Waals surface area contributed by atoms with Crippen LogP contribution in [0.5, 0.6) is 5.75 Å². The fraction of sp³-hybridized carbons (Fsp3) is 0.417. The van der Waals surface area contributed by atoms with Crippen LogP contribution in [0.25, 0.3) is 0 Å². The predicted octanol–water partition coefficient (Wildman–Crippen LogP) is 1.69. The molecule has 0 aliphatic carbocycles. The summed E-state index contributed by atoms with van der Waals surface area (Å²) in [5.74, 6) is -0.837. The highest BCUT2D eigenvalue weighted by molar-refractivity contribution is 9.10. The van der Waals surface area contributed by atoms with Crippen molar-refractivity contribution in [2.75, 3.05) is 14.2 Å². The number of benzene rings is 1. The van der Waals surface area contributed by atoms with Crippen molar-refractivity contribution in [1.29, 1.82) is 0 Å². The molecule has 1 atom stereocenters. The highest BCUT2D eigenvalue weighted by Crippen LogP contribution is 2.25. The number of carboxylic acid groups (broad SMARTS) is 1. The average Bonchev–Trinajstić information content (AvgIpc) is 2.37. The van der Waals surface area contributed by atoms with E-state index in [-0.39, 0.29) is 6.54 Å². The number of sulfonamides is 1. The zero-order valence-electron chi connectivity index (χ0n) is 11.3. The highest BCUT2D eigenvalue weighted by Gasteiger charge is 2.32. The van der Waals surface area contributed by atoms with Gasteiger partial charge < -0.3 is 9.84 Å². The molecule has 0 heterocycles. The maximum absolute atomic E-state index is 12.1. The number of nitrogens with zero attached hydrogens (tertiary/aromatic N) is 1. The summed E-state index contributed by atoms with van der Waals surface area (Å²) in [5, 5.41) is 7.34. The van der Waals surface area contributed by atoms with Gasteiger partial charge in [0.2, 0.25) is 10.0 Å². The van der Waals surface area contributed by atoms with Gasteiger partial charge in [-0.2, -0.15) is 4.31 Å². The molecule has 1 N–H and O–H groups in total. The van der Waals surface area contributed by atoms with Crippen molar-refractivity contribution in [3.8, 4) is 5.75 Å². The lowest BCUT2D eigenvalue weighted by Crippen LogP contribution is -2.38. The number of methoxy groups -OCH3 is 1. The van der Waals surface area contributed by atoms with Crippen molar-refractivity contribution < 1.29 is 23.1 Å². The fourth-order valence-corrected chi connectivity index (χ4v) is 3.12. The average molecular weight is 366 g/mol. The number of carboxylic acids is 1. The second-order valence-corrected chi connectivity index (χ2v) is 7.51. The van der Waals surface area contributed by atoms with Gasteiger partial charge in [0.15, 0.2) is 5.25 Å². The van der Waals surface area contributed by atoms with Crippen molar-refractivity contribution in [2.24, 2.45) is 0 Å². The van der Waals surface area contributed by atoms with Crippen LogP contribution in [-0.2, 0) is 21.4 Å². The normalized spacial score (nSPS) is 13.2. The number of halogens is 1. The summed E-state index contributed by atoms with van der Waals surface area (Å²) in [7, 11) is -1.08. The Labute approximate surface area is 126 Å². The zero-order chi connectivity index (χ0) is 15.5. The van der Waals surface area contributed by atoms with Crippen molar-refractivity contribution in [3.05, 3.63) is 28.2 Å². The van der Waals surface area contributed by atoms with E-state index in [0.717, 1.165) is 15.7 Å². The van der Waals surface area contributed by atoms with Gasteiger partial charge in [-0.1, -0.05) is 15.9 Å². The van der Waals surface area contributed by atoms with Crippen LogP contribution in [0.2, 0.25) is 0 Å². The molecule has 0 aromatic heterocycles. The summed E-state index contributed by atoms with van der Waals surface area (Å²) in [4.78, 5) is 10.8. The van der Waals surface area contributed by atoms with Crippen LogP contribution in [0.15, 0.2) is 22.7 Å². The minimum atomic E-state index is -3.91. The molecule has 1 aromatic rings. The SMILES string of the molecule is COc1ccc(Br)cc1CN(C)S(=O)(=O)C(C)C(=O)O. The first-order chi connectivity index (χ1) is 9.20. The summed E-state index contributed by atoms with van der Waals surface area (Å²) in [6.07, 6.45) is 0. The molecule has 112 valence electrons. The Morgan fingerprint density at radius 3 is 2.60 bits per heavy atom. The van der Waals surface area contributed by atoms with E-state index in [1.807, 2.05) is 0 Å². The van der Waals surface area contributed by atoms with E-state index in [2.05, 4.69) is 15.9 Å². The number of hydrogen-bond donors (Lipinski definition) is 1. The van der Waals surface area contributed by atoms with Gasteiger partial charge in [-0.25, -0.2) is 8.42 Å². The number of aliphatic carboxylic acids is 1. The standard InChI is InChI=1S/C12H16BrNO5S/c1-8(12(15)16)20(17,18)14(2)7-9-6-10(13)4-5-11(9)19-3/h4-6,8H,7H2,1-3H3,(H,15,16). The van der Waals surface area contributed by atoms with Crippen LogP contribution < -0.4 is 4.74 Å². The first kappa shape index (κ1) is 16.9. The molecule has 0 saturated carbocycles. The molecule has 0 aliphatic heterocycles. The molecule has 0 saturated heterocycles. The Hall–Kier alpha value is -1.12. The van der Waals surface area contributed by atoms with E-state index in [9.17, 15) is 13.2 Å². The van der Waals surface area contributed by atoms with Crippen LogP contribution in [0.3, 0.4) is 0 Å². The molecule has 0 amide bonds. The number of hydrogen-bond acceptors (Lipinski definition) is 4. The van der Waals surface area contributed by atoms with Crippen LogP contribution in [0.1, 0.15) is 12.5 Å². The lowest BCUT2D eigenvalue weighted by Gasteiger charge is -2.21. The van der Waals surface area contributed by atoms with Gasteiger partial charge in [0.1, 0.15) is 5.75 Å². The molecule has 0 fully saturated rings. The number of carbonyl (C=O) groups is 1. The lowest BCUT2D eigenvalue weighted by atomic mass is 10.2. The molecule has 1 rings (SSSR count). The monoisotopic (exact) mass is 365 g/mol. The van der Waals surface area contributed by atoms with E-state index < -0.39 is 21.2 Å². The van der Waals surface area contributed by atoms with Crippen LogP contribution >= 0.6 is 15.9 Å². The quantitative estimate of drug-likeness (QED) is 0.829. The first-order valence-electron chi connectivity index (χ1n) is 5.70. The van der Waals surface area contributed by atoms with Crippen molar-refractivity contribution >= 4 is 31.9 Å². The predicted molar refractivity (Wildman–Crippen MR) is 78.2 cm³/mol. The third-order valence-corrected chi connectivity index (χ3v) is 5.45. The second kappa shape index (κ2) is 6.55. The summed E-state index contributed by atoms with van der Waals surface area (Å²) in [5.41, 5.74) is 0.644. The molecule has 1 aromatic carbocycles. The maximum Gasteiger partial charge on any atom is 0.323 e. The fourth-order valence-electron chi connectivity index (χ4n) is 1.60. The van der Waals surface area contributed by atoms with Crippen LogP contribution in [0, 0.1) is 0 Å². The minimum Gasteiger partial charge on any atom is -0.496 e. The summed E-state index contributed by atoms with van der Waals surface area (Å²) < 4.78 is 31.1. The van der Waals surface area contributed by atoms with Crippen LogP contribution in [0.4, 0.5) is 0 Å². The highest BCUT2D eigenvalue weighted by atomic mass is 79.9. The number of rotatable bonds is 6. The molecular formula is C12H16BrNO5S. The summed E-state index contributed by atoms with van der Waals surface area (Å²) in [6, 6.07) is 5.22. The third kappa shape index (κ3) is 3.71. The Bertz CT molecular complexity index is 602. The van der Waals surface area contributed by atoms with Gasteiger partial charge >= 0.3 is 5.97 Å². The van der Waals surface area contributed by atoms with Gasteiger partial charge in [0.05, 0.1) is 7.11 Å². The van der Waals surface area contributed by atoms with Gasteiger partial charge in [-0.05, 0) is 25.1 Å². The molecule has 6 nitrogen and oxygen atoms in total. The molecule has 1 unspecified atom stereocenters. The largest absolute Gasteiger partial charge is 0.496 e. The lowest BCUT2D eigenvalue weighted by molar-refractivity contribution is -0.136. The molecular weight excluding hydrogens is 350 g/mol. The van der Waals surface area contributed by atoms with E-state index in [1.165, 1.54) is 14.2 Å². The van der Waals surface area contributed by atoms with Crippen LogP contribution in [-0.4, -0.2) is 43.2 Å². The molecule has 0 aliphatic rings. The Kier molecular flexibility index (Phi) is 5.55. The van der Waals surface area contributed by atoms with Gasteiger partial charge in [-0.15, -0.1) is 0 Å². The van der Waals surface area contributed by atoms with E-state index in [4.69, 9.17) is 9.84 Å². The first-order valence-corrected chi connectivity index (χ1v) is 8.00. The smallest absolute Gasteiger partial charge is 0.323 e. The van der Waals surface area contributed by atoms with Gasteiger partial charge in [-0.3, -0.25) is 4.79 Å². The van der Waals surface area contributed by atoms with Crippen molar-refractivity contribution in [3.63, 3.8) is 0 Å². The maximum atomic E-state index is 12.1. The summed E-state index contributed by atoms with van der Waals surface area (Å²) >= 11 is 3.30. The molecule has 0 bridgehead atoms. The third-order valence-electron chi connectivity index (χ3n) is 2.86. The van der Waals surface area contributed by atoms with Crippen molar-refractivity contribution in [2.45, 2.75) is 18.7 Å². The molecule has 20 heavy (non-hydrogen) atoms. The Morgan fingerprint density at radius 1 is 1.50 bits per heavy atom. The van der Waals surface area contributed by atoms with Gasteiger partial charge in [0.25, 0.3) is 0 Å². The van der Waals surface area contributed by atoms with E-state index >= 15 is 0 Å². The molecule has 8 heteroatoms. The Balaban J connectivity index is 3.04.